The maximum absolute atomic E-state index is 14.2. The number of unbranched alkanes of at least 4 members (excludes halogenated alkanes) is 1. The van der Waals surface area contributed by atoms with Crippen LogP contribution in [-0.2, 0) is 19.4 Å². The molecular weight excluding hydrogens is 506 g/mol. The fourth-order valence-corrected chi connectivity index (χ4v) is 6.93. The first-order valence-electron chi connectivity index (χ1n) is 12.7. The fraction of sp³-hybridized carbons (Fsp3) is 0.483. The van der Waals surface area contributed by atoms with Gasteiger partial charge in [-0.2, -0.15) is 0 Å². The van der Waals surface area contributed by atoms with Gasteiger partial charge in [0.2, 0.25) is 0 Å². The van der Waals surface area contributed by atoms with Crippen molar-refractivity contribution >= 4 is 38.9 Å². The second-order valence-corrected chi connectivity index (χ2v) is 14.2. The molecule has 1 aliphatic rings. The van der Waals surface area contributed by atoms with Crippen LogP contribution in [0.1, 0.15) is 60.8 Å². The van der Waals surface area contributed by atoms with E-state index in [0.717, 1.165) is 29.8 Å². The molecule has 202 valence electrons. The second-order valence-electron chi connectivity index (χ2n) is 10.8. The summed E-state index contributed by atoms with van der Waals surface area (Å²) in [5.74, 6) is -0.222. The molecule has 0 fully saturated rings. The Morgan fingerprint density at radius 1 is 1.19 bits per heavy atom. The van der Waals surface area contributed by atoms with E-state index >= 15 is 0 Å². The molecule has 2 aromatic carbocycles. The topological polar surface area (TPSA) is 72.9 Å². The number of hydrogen-bond donors (Lipinski definition) is 0. The van der Waals surface area contributed by atoms with E-state index in [4.69, 9.17) is 9.47 Å². The lowest BCUT2D eigenvalue weighted by Gasteiger charge is -2.34. The van der Waals surface area contributed by atoms with Gasteiger partial charge >= 0.3 is 5.97 Å². The van der Waals surface area contributed by atoms with Gasteiger partial charge in [0.25, 0.3) is 0 Å². The number of nitrogens with zero attached hydrogens (tertiary/aromatic N) is 1. The third-order valence-corrected chi connectivity index (χ3v) is 10.1. The van der Waals surface area contributed by atoms with Crippen LogP contribution in [0.25, 0.3) is 0 Å². The van der Waals surface area contributed by atoms with E-state index in [1.54, 1.807) is 26.8 Å². The first-order valence-corrected chi connectivity index (χ1v) is 15.4. The van der Waals surface area contributed by atoms with Crippen LogP contribution >= 0.6 is 11.8 Å². The molecule has 3 rings (SSSR count). The Bertz CT molecular complexity index is 1230. The number of carbonyl (C=O) groups is 1. The summed E-state index contributed by atoms with van der Waals surface area (Å²) in [7, 11) is -3.74. The van der Waals surface area contributed by atoms with Gasteiger partial charge in [-0.15, -0.1) is 11.8 Å². The molecular formula is C29H39NO5S2. The van der Waals surface area contributed by atoms with E-state index < -0.39 is 26.2 Å². The predicted octanol–water partition coefficient (Wildman–Crippen LogP) is 7.15. The quantitative estimate of drug-likeness (QED) is 0.151. The Kier molecular flexibility index (Phi) is 9.06. The standard InChI is InChI=1S/C29H39NO5S2/c1-8-9-13-21-20-30(22-14-11-10-12-15-22)23-18-25(36-7)24(19-26(23)37(32,33)29(21,5)6)34-17-16-27(31)35-28(2,3)4/h10-12,14-19,21H,8-9,13,20H2,1-7H3/b17-16+. The maximum Gasteiger partial charge on any atom is 0.334 e. The summed E-state index contributed by atoms with van der Waals surface area (Å²) in [6, 6.07) is 13.4. The summed E-state index contributed by atoms with van der Waals surface area (Å²) < 4.78 is 38.6. The summed E-state index contributed by atoms with van der Waals surface area (Å²) in [6.07, 6.45) is 7.15. The Hall–Kier alpha value is -2.45. The van der Waals surface area contributed by atoms with Crippen molar-refractivity contribution in [3.63, 3.8) is 0 Å². The first-order chi connectivity index (χ1) is 17.3. The highest BCUT2D eigenvalue weighted by atomic mass is 32.2. The molecule has 6 nitrogen and oxygen atoms in total. The minimum absolute atomic E-state index is 0.0702. The zero-order chi connectivity index (χ0) is 27.4. The molecule has 1 heterocycles. The molecule has 0 aliphatic carbocycles. The second kappa shape index (κ2) is 11.5. The third kappa shape index (κ3) is 6.52. The fourth-order valence-electron chi connectivity index (χ4n) is 4.49. The minimum Gasteiger partial charge on any atom is -0.464 e. The average molecular weight is 546 g/mol. The first kappa shape index (κ1) is 29.1. The van der Waals surface area contributed by atoms with Crippen molar-refractivity contribution in [2.75, 3.05) is 17.7 Å². The lowest BCUT2D eigenvalue weighted by atomic mass is 9.89. The van der Waals surface area contributed by atoms with E-state index in [2.05, 4.69) is 11.8 Å². The maximum atomic E-state index is 14.2. The van der Waals surface area contributed by atoms with Crippen LogP contribution in [0.5, 0.6) is 5.75 Å². The molecule has 0 radical (unpaired) electrons. The molecule has 8 heteroatoms. The number of ether oxygens (including phenoxy) is 2. The van der Waals surface area contributed by atoms with Crippen LogP contribution in [0.3, 0.4) is 0 Å². The number of fused-ring (bicyclic) bond motifs is 1. The van der Waals surface area contributed by atoms with Crippen molar-refractivity contribution in [1.29, 1.82) is 0 Å². The molecule has 2 aromatic rings. The molecule has 37 heavy (non-hydrogen) atoms. The number of benzene rings is 2. The van der Waals surface area contributed by atoms with Crippen molar-refractivity contribution < 1.29 is 22.7 Å². The zero-order valence-electron chi connectivity index (χ0n) is 22.9. The minimum atomic E-state index is -3.74. The number of hydrogen-bond acceptors (Lipinski definition) is 7. The molecule has 0 amide bonds. The summed E-state index contributed by atoms with van der Waals surface area (Å²) in [6.45, 7) is 11.8. The van der Waals surface area contributed by atoms with Crippen LogP contribution in [0, 0.1) is 5.92 Å². The SMILES string of the molecule is CCCCC1CN(c2ccccc2)c2cc(SC)c(O/C=C/C(=O)OC(C)(C)C)cc2S(=O)(=O)C1(C)C. The van der Waals surface area contributed by atoms with Crippen LogP contribution in [0.15, 0.2) is 64.6 Å². The van der Waals surface area contributed by atoms with Gasteiger partial charge in [0.1, 0.15) is 11.4 Å². The largest absolute Gasteiger partial charge is 0.464 e. The highest BCUT2D eigenvalue weighted by Gasteiger charge is 2.47. The number of para-hydroxylation sites is 1. The number of rotatable bonds is 8. The Labute approximate surface area is 226 Å². The van der Waals surface area contributed by atoms with Gasteiger partial charge in [-0.25, -0.2) is 13.2 Å². The zero-order valence-corrected chi connectivity index (χ0v) is 24.5. The summed E-state index contributed by atoms with van der Waals surface area (Å²) >= 11 is 1.46. The normalized spacial score (nSPS) is 18.8. The van der Waals surface area contributed by atoms with Crippen molar-refractivity contribution in [3.8, 4) is 5.75 Å². The van der Waals surface area contributed by atoms with Gasteiger partial charge in [0.05, 0.1) is 32.6 Å². The lowest BCUT2D eigenvalue weighted by Crippen LogP contribution is -2.42. The van der Waals surface area contributed by atoms with E-state index in [0.29, 0.717) is 18.0 Å². The highest BCUT2D eigenvalue weighted by Crippen LogP contribution is 2.48. The van der Waals surface area contributed by atoms with E-state index in [9.17, 15) is 13.2 Å². The van der Waals surface area contributed by atoms with Gasteiger partial charge in [-0.1, -0.05) is 38.0 Å². The Balaban J connectivity index is 2.14. The number of thioether (sulfide) groups is 1. The molecule has 0 aromatic heterocycles. The van der Waals surface area contributed by atoms with Crippen molar-refractivity contribution in [2.45, 2.75) is 80.9 Å². The van der Waals surface area contributed by atoms with E-state index in [1.165, 1.54) is 24.1 Å². The van der Waals surface area contributed by atoms with E-state index in [-0.39, 0.29) is 10.8 Å². The van der Waals surface area contributed by atoms with Gasteiger partial charge in [0, 0.05) is 18.3 Å². The molecule has 1 aliphatic heterocycles. The van der Waals surface area contributed by atoms with Gasteiger partial charge in [0.15, 0.2) is 9.84 Å². The molecule has 1 atom stereocenters. The number of anilines is 2. The monoisotopic (exact) mass is 545 g/mol. The smallest absolute Gasteiger partial charge is 0.334 e. The van der Waals surface area contributed by atoms with Crippen LogP contribution < -0.4 is 9.64 Å². The lowest BCUT2D eigenvalue weighted by molar-refractivity contribution is -0.148. The Morgan fingerprint density at radius 2 is 1.86 bits per heavy atom. The van der Waals surface area contributed by atoms with Gasteiger partial charge < -0.3 is 14.4 Å². The van der Waals surface area contributed by atoms with Crippen molar-refractivity contribution in [1.82, 2.24) is 0 Å². The van der Waals surface area contributed by atoms with Crippen LogP contribution in [0.4, 0.5) is 11.4 Å². The van der Waals surface area contributed by atoms with Crippen LogP contribution in [-0.4, -0.2) is 37.5 Å². The Morgan fingerprint density at radius 3 is 2.46 bits per heavy atom. The average Bonchev–Trinajstić information content (AvgIpc) is 2.88. The van der Waals surface area contributed by atoms with Gasteiger partial charge in [-0.05, 0) is 71.4 Å². The molecule has 0 spiro atoms. The van der Waals surface area contributed by atoms with Crippen LogP contribution in [0.2, 0.25) is 0 Å². The van der Waals surface area contributed by atoms with Crippen molar-refractivity contribution in [2.24, 2.45) is 5.92 Å². The predicted molar refractivity (Wildman–Crippen MR) is 152 cm³/mol. The third-order valence-electron chi connectivity index (χ3n) is 6.68. The molecule has 1 unspecified atom stereocenters. The summed E-state index contributed by atoms with van der Waals surface area (Å²) in [5, 5.41) is 0. The molecule has 0 N–H and O–H groups in total. The number of esters is 1. The highest BCUT2D eigenvalue weighted by molar-refractivity contribution is 7.98. The van der Waals surface area contributed by atoms with E-state index in [1.807, 2.05) is 56.5 Å². The number of carbonyl (C=O) groups excluding carboxylic acids is 1. The van der Waals surface area contributed by atoms with Gasteiger partial charge in [-0.3, -0.25) is 0 Å². The van der Waals surface area contributed by atoms with Crippen molar-refractivity contribution in [3.05, 3.63) is 54.8 Å². The summed E-state index contributed by atoms with van der Waals surface area (Å²) in [5.41, 5.74) is 0.972. The number of sulfone groups is 1. The summed E-state index contributed by atoms with van der Waals surface area (Å²) in [4.78, 5) is 15.2. The molecule has 0 saturated carbocycles. The molecule has 0 saturated heterocycles. The molecule has 0 bridgehead atoms.